The lowest BCUT2D eigenvalue weighted by atomic mass is 10.0. The number of hydrogen-bond acceptors (Lipinski definition) is 3. The van der Waals surface area contributed by atoms with E-state index in [0.717, 1.165) is 12.1 Å². The predicted molar refractivity (Wildman–Crippen MR) is 56.1 cm³/mol. The molecule has 0 radical (unpaired) electrons. The van der Waals surface area contributed by atoms with Gasteiger partial charge in [-0.05, 0) is 31.2 Å². The normalized spacial score (nSPS) is 10.2. The van der Waals surface area contributed by atoms with Crippen LogP contribution in [0.3, 0.4) is 0 Å². The molecule has 1 rings (SSSR count). The van der Waals surface area contributed by atoms with E-state index in [1.54, 1.807) is 0 Å². The summed E-state index contributed by atoms with van der Waals surface area (Å²) < 4.78 is 13.4. The van der Waals surface area contributed by atoms with Crippen LogP contribution in [-0.2, 0) is 0 Å². The predicted octanol–water partition coefficient (Wildman–Crippen LogP) is 1.36. The van der Waals surface area contributed by atoms with Gasteiger partial charge in [0.25, 0.3) is 0 Å². The quantitative estimate of drug-likeness (QED) is 0.758. The topological polar surface area (TPSA) is 80.4 Å². The van der Waals surface area contributed by atoms with Crippen LogP contribution in [0.25, 0.3) is 0 Å². The van der Waals surface area contributed by atoms with Crippen molar-refractivity contribution in [2.45, 2.75) is 13.3 Å². The van der Waals surface area contributed by atoms with Crippen LogP contribution in [0.5, 0.6) is 0 Å². The number of carboxylic acids is 1. The molecule has 1 aromatic rings. The van der Waals surface area contributed by atoms with E-state index in [4.69, 9.17) is 10.8 Å². The maximum absolute atomic E-state index is 13.4. The molecule has 0 aliphatic heterocycles. The zero-order chi connectivity index (χ0) is 12.3. The average Bonchev–Trinajstić information content (AvgIpc) is 2.17. The summed E-state index contributed by atoms with van der Waals surface area (Å²) in [6.07, 6.45) is -0.000952. The molecule has 4 nitrogen and oxygen atoms in total. The van der Waals surface area contributed by atoms with Crippen molar-refractivity contribution in [3.8, 4) is 0 Å². The van der Waals surface area contributed by atoms with E-state index in [1.807, 2.05) is 0 Å². The minimum atomic E-state index is -1.18. The third-order valence-electron chi connectivity index (χ3n) is 2.22. The Morgan fingerprint density at radius 3 is 2.50 bits per heavy atom. The average molecular weight is 225 g/mol. The Labute approximate surface area is 91.9 Å². The van der Waals surface area contributed by atoms with E-state index in [9.17, 15) is 14.0 Å². The number of nitrogens with two attached hydrogens (primary N) is 1. The van der Waals surface area contributed by atoms with Gasteiger partial charge in [-0.1, -0.05) is 0 Å². The number of hydrogen-bond donors (Lipinski definition) is 2. The third kappa shape index (κ3) is 2.43. The molecule has 0 fully saturated rings. The van der Waals surface area contributed by atoms with Crippen molar-refractivity contribution in [2.24, 2.45) is 5.73 Å². The van der Waals surface area contributed by atoms with Crippen molar-refractivity contribution in [2.75, 3.05) is 6.54 Å². The highest BCUT2D eigenvalue weighted by molar-refractivity contribution is 5.99. The summed E-state index contributed by atoms with van der Waals surface area (Å²) >= 11 is 0. The number of benzene rings is 1. The van der Waals surface area contributed by atoms with Crippen molar-refractivity contribution in [1.29, 1.82) is 0 Å². The van der Waals surface area contributed by atoms with Crippen LogP contribution < -0.4 is 5.73 Å². The highest BCUT2D eigenvalue weighted by Gasteiger charge is 2.16. The molecule has 3 N–H and O–H groups in total. The molecule has 0 aliphatic rings. The Hall–Kier alpha value is -1.75. The van der Waals surface area contributed by atoms with Crippen molar-refractivity contribution < 1.29 is 19.1 Å². The summed E-state index contributed by atoms with van der Waals surface area (Å²) in [6, 6.07) is 2.11. The Bertz CT molecular complexity index is 443. The van der Waals surface area contributed by atoms with Gasteiger partial charge < -0.3 is 10.8 Å². The summed E-state index contributed by atoms with van der Waals surface area (Å²) in [5.41, 5.74) is 5.19. The molecule has 0 unspecified atom stereocenters. The second-order valence-corrected chi connectivity index (χ2v) is 3.41. The zero-order valence-electron chi connectivity index (χ0n) is 8.79. The summed E-state index contributed by atoms with van der Waals surface area (Å²) in [7, 11) is 0. The van der Waals surface area contributed by atoms with E-state index < -0.39 is 17.6 Å². The van der Waals surface area contributed by atoms with Crippen LogP contribution >= 0.6 is 0 Å². The number of aryl methyl sites for hydroxylation is 1. The summed E-state index contributed by atoms with van der Waals surface area (Å²) in [5.74, 6) is -2.37. The van der Waals surface area contributed by atoms with Gasteiger partial charge >= 0.3 is 5.97 Å². The van der Waals surface area contributed by atoms with Crippen molar-refractivity contribution in [3.05, 3.63) is 34.6 Å². The second kappa shape index (κ2) is 4.85. The molecular formula is C11H12FNO3. The fourth-order valence-electron chi connectivity index (χ4n) is 1.38. The van der Waals surface area contributed by atoms with Crippen LogP contribution in [0, 0.1) is 12.7 Å². The first-order valence-electron chi connectivity index (χ1n) is 4.74. The summed E-state index contributed by atoms with van der Waals surface area (Å²) in [6.45, 7) is 1.58. The standard InChI is InChI=1S/C11H12FNO3/c1-6-4-9(12)8(10(14)2-3-13)5-7(6)11(15)16/h4-5H,2-3,13H2,1H3,(H,15,16). The summed E-state index contributed by atoms with van der Waals surface area (Å²) in [4.78, 5) is 22.2. The third-order valence-corrected chi connectivity index (χ3v) is 2.22. The molecule has 0 saturated heterocycles. The number of carbonyl (C=O) groups excluding carboxylic acids is 1. The van der Waals surface area contributed by atoms with E-state index in [-0.39, 0.29) is 29.7 Å². The van der Waals surface area contributed by atoms with Gasteiger partial charge in [-0.3, -0.25) is 4.79 Å². The molecule has 0 heterocycles. The minimum absolute atomic E-state index is 0.000952. The van der Waals surface area contributed by atoms with Crippen LogP contribution in [-0.4, -0.2) is 23.4 Å². The molecule has 0 spiro atoms. The first-order valence-corrected chi connectivity index (χ1v) is 4.74. The van der Waals surface area contributed by atoms with E-state index in [1.165, 1.54) is 6.92 Å². The molecule has 1 aromatic carbocycles. The Balaban J connectivity index is 3.24. The first kappa shape index (κ1) is 12.3. The first-order chi connectivity index (χ1) is 7.47. The molecular weight excluding hydrogens is 213 g/mol. The van der Waals surface area contributed by atoms with Gasteiger partial charge in [0, 0.05) is 6.42 Å². The van der Waals surface area contributed by atoms with E-state index >= 15 is 0 Å². The fourth-order valence-corrected chi connectivity index (χ4v) is 1.38. The van der Waals surface area contributed by atoms with Crippen LogP contribution in [0.2, 0.25) is 0 Å². The minimum Gasteiger partial charge on any atom is -0.478 e. The number of ketones is 1. The summed E-state index contributed by atoms with van der Waals surface area (Å²) in [5, 5.41) is 8.83. The smallest absolute Gasteiger partial charge is 0.335 e. The van der Waals surface area contributed by atoms with Gasteiger partial charge in [0.2, 0.25) is 0 Å². The number of Topliss-reactive ketones (excluding diaryl/α,β-unsaturated/α-hetero) is 1. The van der Waals surface area contributed by atoms with Gasteiger partial charge in [0.15, 0.2) is 5.78 Å². The van der Waals surface area contributed by atoms with Gasteiger partial charge in [-0.15, -0.1) is 0 Å². The highest BCUT2D eigenvalue weighted by Crippen LogP contribution is 2.17. The van der Waals surface area contributed by atoms with Crippen LogP contribution in [0.1, 0.15) is 32.7 Å². The van der Waals surface area contributed by atoms with Crippen molar-refractivity contribution >= 4 is 11.8 Å². The molecule has 0 atom stereocenters. The van der Waals surface area contributed by atoms with Gasteiger partial charge in [0.05, 0.1) is 11.1 Å². The maximum atomic E-state index is 13.4. The van der Waals surface area contributed by atoms with E-state index in [0.29, 0.717) is 0 Å². The van der Waals surface area contributed by atoms with E-state index in [2.05, 4.69) is 0 Å². The lowest BCUT2D eigenvalue weighted by Gasteiger charge is -2.06. The molecule has 0 bridgehead atoms. The number of halogens is 1. The maximum Gasteiger partial charge on any atom is 0.335 e. The number of carboxylic acid groups (broad SMARTS) is 1. The van der Waals surface area contributed by atoms with Gasteiger partial charge in [-0.2, -0.15) is 0 Å². The lowest BCUT2D eigenvalue weighted by molar-refractivity contribution is 0.0696. The Morgan fingerprint density at radius 2 is 2.00 bits per heavy atom. The SMILES string of the molecule is Cc1cc(F)c(C(=O)CCN)cc1C(=O)O. The molecule has 0 aliphatic carbocycles. The molecule has 5 heteroatoms. The second-order valence-electron chi connectivity index (χ2n) is 3.41. The molecule has 16 heavy (non-hydrogen) atoms. The highest BCUT2D eigenvalue weighted by atomic mass is 19.1. The number of rotatable bonds is 4. The Kier molecular flexibility index (Phi) is 3.73. The fraction of sp³-hybridized carbons (Fsp3) is 0.273. The molecule has 0 amide bonds. The Morgan fingerprint density at radius 1 is 1.38 bits per heavy atom. The van der Waals surface area contributed by atoms with Crippen LogP contribution in [0.15, 0.2) is 12.1 Å². The zero-order valence-corrected chi connectivity index (χ0v) is 8.79. The number of aromatic carboxylic acids is 1. The van der Waals surface area contributed by atoms with Crippen molar-refractivity contribution in [1.82, 2.24) is 0 Å². The lowest BCUT2D eigenvalue weighted by Crippen LogP contribution is -2.12. The number of carbonyl (C=O) groups is 2. The monoisotopic (exact) mass is 225 g/mol. The largest absolute Gasteiger partial charge is 0.478 e. The van der Waals surface area contributed by atoms with Crippen molar-refractivity contribution in [3.63, 3.8) is 0 Å². The molecule has 0 aromatic heterocycles. The molecule has 86 valence electrons. The van der Waals surface area contributed by atoms with Gasteiger partial charge in [0.1, 0.15) is 5.82 Å². The molecule has 0 saturated carbocycles. The van der Waals surface area contributed by atoms with Crippen LogP contribution in [0.4, 0.5) is 4.39 Å². The van der Waals surface area contributed by atoms with Gasteiger partial charge in [-0.25, -0.2) is 9.18 Å².